The van der Waals surface area contributed by atoms with Gasteiger partial charge in [-0.05, 0) is 48.9 Å². The fourth-order valence-corrected chi connectivity index (χ4v) is 4.58. The van der Waals surface area contributed by atoms with Crippen LogP contribution in [0.3, 0.4) is 0 Å². The monoisotopic (exact) mass is 627 g/mol. The van der Waals surface area contributed by atoms with Crippen molar-refractivity contribution in [3.63, 3.8) is 0 Å². The van der Waals surface area contributed by atoms with Gasteiger partial charge in [-0.15, -0.1) is 17.6 Å². The molecule has 0 bridgehead atoms. The molecule has 45 heavy (non-hydrogen) atoms. The summed E-state index contributed by atoms with van der Waals surface area (Å²) in [6, 6.07) is 10.0. The van der Waals surface area contributed by atoms with Crippen LogP contribution in [-0.2, 0) is 0 Å². The Balaban J connectivity index is 1.32. The van der Waals surface area contributed by atoms with Gasteiger partial charge in [0.15, 0.2) is 23.0 Å². The van der Waals surface area contributed by atoms with Crippen LogP contribution in [0.1, 0.15) is 39.2 Å². The highest BCUT2D eigenvalue weighted by Crippen LogP contribution is 2.45. The number of aromatic nitrogens is 2. The maximum atomic E-state index is 13.9. The van der Waals surface area contributed by atoms with E-state index < -0.39 is 35.9 Å². The molecule has 6 rings (SSSR count). The number of hydrogen-bond acceptors (Lipinski definition) is 10. The number of fused-ring (bicyclic) bond motifs is 2. The van der Waals surface area contributed by atoms with Crippen molar-refractivity contribution in [2.75, 3.05) is 23.1 Å². The van der Waals surface area contributed by atoms with Crippen LogP contribution in [0.15, 0.2) is 67.1 Å². The van der Waals surface area contributed by atoms with Gasteiger partial charge in [-0.2, -0.15) is 0 Å². The molecule has 4 heterocycles. The molecule has 2 aliphatic heterocycles. The lowest BCUT2D eigenvalue weighted by Gasteiger charge is -2.19. The number of alkyl halides is 4. The highest BCUT2D eigenvalue weighted by atomic mass is 19.3. The van der Waals surface area contributed by atoms with Crippen LogP contribution in [0, 0.1) is 0 Å². The van der Waals surface area contributed by atoms with Gasteiger partial charge < -0.3 is 39.6 Å². The van der Waals surface area contributed by atoms with Crippen molar-refractivity contribution < 1.29 is 50.8 Å². The minimum atomic E-state index is -4.03. The number of rotatable bonds is 8. The van der Waals surface area contributed by atoms with E-state index in [9.17, 15) is 27.2 Å². The predicted octanol–water partition coefficient (Wildman–Crippen LogP) is 5.81. The third-order valence-corrected chi connectivity index (χ3v) is 6.61. The summed E-state index contributed by atoms with van der Waals surface area (Å²) in [5.74, 6) is -3.07. The third kappa shape index (κ3) is 6.02. The van der Waals surface area contributed by atoms with E-state index in [1.54, 1.807) is 24.5 Å². The second-order valence-corrected chi connectivity index (χ2v) is 9.63. The fraction of sp³-hybridized carbons (Fsp3) is 0.172. The second-order valence-electron chi connectivity index (χ2n) is 9.63. The molecule has 0 radical (unpaired) electrons. The summed E-state index contributed by atoms with van der Waals surface area (Å²) >= 11 is 0. The summed E-state index contributed by atoms with van der Waals surface area (Å²) in [7, 11) is 1.34. The first-order valence-corrected chi connectivity index (χ1v) is 13.1. The number of ether oxygens (including phenoxy) is 5. The summed E-state index contributed by atoms with van der Waals surface area (Å²) in [5.41, 5.74) is 0.166. The Hall–Kier alpha value is -5.80. The molecule has 0 spiro atoms. The quantitative estimate of drug-likeness (QED) is 0.205. The smallest absolute Gasteiger partial charge is 0.496 e. The molecule has 1 atom stereocenters. The Kier molecular flexibility index (Phi) is 7.18. The number of anilines is 3. The lowest BCUT2D eigenvalue weighted by molar-refractivity contribution is -0.287. The number of hydrogen-bond donors (Lipinski definition) is 3. The number of methoxy groups -OCH3 is 1. The lowest BCUT2D eigenvalue weighted by atomic mass is 10.1. The van der Waals surface area contributed by atoms with E-state index in [4.69, 9.17) is 4.74 Å². The highest BCUT2D eigenvalue weighted by molar-refractivity contribution is 6.15. The summed E-state index contributed by atoms with van der Waals surface area (Å²) in [6.07, 6.45) is -3.29. The van der Waals surface area contributed by atoms with Crippen LogP contribution in [0.25, 0.3) is 0 Å². The van der Waals surface area contributed by atoms with Gasteiger partial charge in [0.25, 0.3) is 11.8 Å². The normalized spacial score (nSPS) is 15.6. The molecule has 0 aliphatic carbocycles. The second kappa shape index (κ2) is 11.0. The number of pyridine rings is 2. The van der Waals surface area contributed by atoms with Crippen LogP contribution < -0.4 is 39.6 Å². The summed E-state index contributed by atoms with van der Waals surface area (Å²) in [6.45, 7) is 1.83. The summed E-state index contributed by atoms with van der Waals surface area (Å²) < 4.78 is 77.9. The Morgan fingerprint density at radius 2 is 1.44 bits per heavy atom. The van der Waals surface area contributed by atoms with Gasteiger partial charge in [0, 0.05) is 36.4 Å². The van der Waals surface area contributed by atoms with Crippen molar-refractivity contribution in [2.24, 2.45) is 0 Å². The van der Waals surface area contributed by atoms with Gasteiger partial charge in [0.1, 0.15) is 17.1 Å². The van der Waals surface area contributed by atoms with Gasteiger partial charge in [0.2, 0.25) is 0 Å². The zero-order valence-corrected chi connectivity index (χ0v) is 23.2. The molecule has 2 aromatic carbocycles. The van der Waals surface area contributed by atoms with Gasteiger partial charge >= 0.3 is 12.6 Å². The van der Waals surface area contributed by atoms with Gasteiger partial charge in [0.05, 0.1) is 24.4 Å². The molecular weight excluding hydrogens is 606 g/mol. The average molecular weight is 628 g/mol. The summed E-state index contributed by atoms with van der Waals surface area (Å²) in [5, 5.41) is 8.13. The Morgan fingerprint density at radius 1 is 0.800 bits per heavy atom. The number of benzene rings is 2. The Labute approximate surface area is 251 Å². The molecule has 0 saturated heterocycles. The number of carbonyl (C=O) groups is 2. The zero-order valence-electron chi connectivity index (χ0n) is 23.2. The molecule has 2 amide bonds. The number of halogens is 4. The molecule has 2 aliphatic rings. The standard InChI is InChI=1S/C29H21F4N5O7/c1-14(15-5-8-34-9-6-15)36-25-24(20(41-2)7-10-35-25)27(40)38-18-13-23-22(44-29(32,33)45-23)12-17(18)26(39)37-16-3-4-19-21(11-16)43-28(30,31)42-19/h3-14H,1-2H3,(H,35,36)(H,37,39)(H,38,40)/t14-/m1/s1. The van der Waals surface area contributed by atoms with E-state index in [0.717, 1.165) is 29.8 Å². The minimum Gasteiger partial charge on any atom is -0.496 e. The Bertz CT molecular complexity index is 1810. The van der Waals surface area contributed by atoms with Crippen molar-refractivity contribution >= 4 is 29.0 Å². The first-order valence-electron chi connectivity index (χ1n) is 13.1. The topological polar surface area (TPSA) is 142 Å². The lowest BCUT2D eigenvalue weighted by Crippen LogP contribution is -2.26. The molecule has 0 saturated carbocycles. The molecule has 232 valence electrons. The van der Waals surface area contributed by atoms with Crippen molar-refractivity contribution in [2.45, 2.75) is 25.6 Å². The van der Waals surface area contributed by atoms with Gasteiger partial charge in [-0.1, -0.05) is 0 Å². The van der Waals surface area contributed by atoms with Crippen molar-refractivity contribution in [3.8, 4) is 28.7 Å². The Morgan fingerprint density at radius 3 is 2.13 bits per heavy atom. The molecule has 0 unspecified atom stereocenters. The third-order valence-electron chi connectivity index (χ3n) is 6.61. The minimum absolute atomic E-state index is 0.00848. The molecule has 12 nitrogen and oxygen atoms in total. The van der Waals surface area contributed by atoms with E-state index in [2.05, 4.69) is 44.9 Å². The highest BCUT2D eigenvalue weighted by Gasteiger charge is 2.45. The van der Waals surface area contributed by atoms with E-state index >= 15 is 0 Å². The van der Waals surface area contributed by atoms with Crippen LogP contribution >= 0.6 is 0 Å². The van der Waals surface area contributed by atoms with Crippen molar-refractivity contribution in [3.05, 3.63) is 83.8 Å². The number of nitrogens with zero attached hydrogens (tertiary/aromatic N) is 2. The molecular formula is C29H21F4N5O7. The number of nitrogens with one attached hydrogen (secondary N) is 3. The van der Waals surface area contributed by atoms with Gasteiger partial charge in [-0.25, -0.2) is 4.98 Å². The number of amides is 2. The average Bonchev–Trinajstić information content (AvgIpc) is 3.48. The molecule has 4 aromatic rings. The van der Waals surface area contributed by atoms with Gasteiger partial charge in [-0.3, -0.25) is 14.6 Å². The first-order chi connectivity index (χ1) is 21.4. The molecule has 16 heteroatoms. The summed E-state index contributed by atoms with van der Waals surface area (Å²) in [4.78, 5) is 35.4. The van der Waals surface area contributed by atoms with E-state index in [-0.39, 0.29) is 51.6 Å². The predicted molar refractivity (Wildman–Crippen MR) is 148 cm³/mol. The first kappa shape index (κ1) is 29.3. The maximum absolute atomic E-state index is 13.9. The van der Waals surface area contributed by atoms with Crippen LogP contribution in [0.4, 0.5) is 34.8 Å². The van der Waals surface area contributed by atoms with E-state index in [1.807, 2.05) is 6.92 Å². The number of carbonyl (C=O) groups excluding carboxylic acids is 2. The van der Waals surface area contributed by atoms with E-state index in [1.165, 1.54) is 25.4 Å². The molecule has 3 N–H and O–H groups in total. The maximum Gasteiger partial charge on any atom is 0.586 e. The molecule has 2 aromatic heterocycles. The largest absolute Gasteiger partial charge is 0.586 e. The van der Waals surface area contributed by atoms with Crippen LogP contribution in [0.5, 0.6) is 28.7 Å². The van der Waals surface area contributed by atoms with Crippen LogP contribution in [-0.4, -0.2) is 41.5 Å². The fourth-order valence-electron chi connectivity index (χ4n) is 4.58. The van der Waals surface area contributed by atoms with Crippen LogP contribution in [0.2, 0.25) is 0 Å². The zero-order chi connectivity index (χ0) is 31.9. The van der Waals surface area contributed by atoms with Crippen molar-refractivity contribution in [1.29, 1.82) is 0 Å². The van der Waals surface area contributed by atoms with E-state index in [0.29, 0.717) is 0 Å². The molecule has 0 fully saturated rings. The SMILES string of the molecule is COc1ccnc(N[C@H](C)c2ccncc2)c1C(=O)Nc1cc2c(cc1C(=O)Nc1ccc3c(c1)OC(F)(F)O3)OC(F)(F)O2. The van der Waals surface area contributed by atoms with Crippen molar-refractivity contribution in [1.82, 2.24) is 9.97 Å².